The van der Waals surface area contributed by atoms with E-state index in [0.29, 0.717) is 11.3 Å². The van der Waals surface area contributed by atoms with E-state index in [-0.39, 0.29) is 35.6 Å². The third-order valence-corrected chi connectivity index (χ3v) is 10.8. The summed E-state index contributed by atoms with van der Waals surface area (Å²) in [5.74, 6) is 0.573. The molecule has 0 heterocycles. The number of aryl methyl sites for hydroxylation is 2. The molecule has 0 nitrogen and oxygen atoms in total. The van der Waals surface area contributed by atoms with Crippen molar-refractivity contribution >= 4 is 3.21 Å². The number of benzene rings is 4. The molecule has 2 aliphatic rings. The van der Waals surface area contributed by atoms with Gasteiger partial charge >= 0.3 is 99.2 Å². The summed E-state index contributed by atoms with van der Waals surface area (Å²) in [5, 5.41) is 0. The van der Waals surface area contributed by atoms with Crippen LogP contribution in [0.3, 0.4) is 0 Å². The van der Waals surface area contributed by atoms with Crippen molar-refractivity contribution < 1.29 is 49.0 Å². The molecular weight excluding hydrogens is 727 g/mol. The minimum absolute atomic E-state index is 0. The summed E-state index contributed by atoms with van der Waals surface area (Å²) in [5.41, 5.74) is 16.0. The van der Waals surface area contributed by atoms with Gasteiger partial charge in [0.05, 0.1) is 0 Å². The van der Waals surface area contributed by atoms with Crippen molar-refractivity contribution in [3.8, 4) is 11.1 Å². The van der Waals surface area contributed by atoms with Crippen LogP contribution in [0, 0.1) is 37.3 Å². The Morgan fingerprint density at radius 2 is 1.20 bits per heavy atom. The first-order valence-corrected chi connectivity index (χ1v) is 18.8. The zero-order valence-corrected chi connectivity index (χ0v) is 36.4. The van der Waals surface area contributed by atoms with Gasteiger partial charge in [0, 0.05) is 0 Å². The Balaban J connectivity index is 0.000000276. The van der Waals surface area contributed by atoms with Crippen LogP contribution in [0.4, 0.5) is 0 Å². The molecule has 0 amide bonds. The molecule has 0 N–H and O–H groups in total. The van der Waals surface area contributed by atoms with Gasteiger partial charge in [0.25, 0.3) is 0 Å². The molecule has 264 valence electrons. The average molecular weight is 783 g/mol. The summed E-state index contributed by atoms with van der Waals surface area (Å²) in [6, 6.07) is 32.1. The summed E-state index contributed by atoms with van der Waals surface area (Å²) in [6.45, 7) is 27.2. The standard InChI is InChI=1S/C23H29.C13H10.C11H17.2ClH.Zr/c1-14-9-16-11-17-10-15(2)21(23(6,7)8)13-19(17)18(16)12-20(14)22(3,4)5;1-3-7-12(8-4-1)11-13-9-5-2-6-10-13;1-5-9-6-7-10(8-9)11(2,3)4;;;/h9,12-13H,11H2,1-8H3;1-10H;7-9H,5H2,1-4H3;2*1H;/q-1;;-1;;;+2/p-2. The van der Waals surface area contributed by atoms with Crippen molar-refractivity contribution in [3.63, 3.8) is 0 Å². The third kappa shape index (κ3) is 11.1. The summed E-state index contributed by atoms with van der Waals surface area (Å²) < 4.78 is 1.42. The Kier molecular flexibility index (Phi) is 15.7. The molecule has 6 rings (SSSR count). The van der Waals surface area contributed by atoms with E-state index in [0.717, 1.165) is 6.42 Å². The average Bonchev–Trinajstić information content (AvgIpc) is 3.65. The van der Waals surface area contributed by atoms with E-state index in [9.17, 15) is 0 Å². The fraction of sp³-hybridized carbons (Fsp3) is 0.383. The fourth-order valence-corrected chi connectivity index (χ4v) is 7.43. The molecular formula is C47H56Cl2Zr-2. The zero-order chi connectivity index (χ0) is 35.4. The van der Waals surface area contributed by atoms with Gasteiger partial charge in [0.15, 0.2) is 0 Å². The van der Waals surface area contributed by atoms with Gasteiger partial charge in [-0.3, -0.25) is 6.08 Å². The molecule has 0 radical (unpaired) electrons. The van der Waals surface area contributed by atoms with Crippen molar-refractivity contribution in [1.82, 2.24) is 0 Å². The van der Waals surface area contributed by atoms with E-state index in [2.05, 4.69) is 186 Å². The Hall–Kier alpha value is -2.31. The number of hydrogen-bond donors (Lipinski definition) is 0. The van der Waals surface area contributed by atoms with Crippen LogP contribution in [0.1, 0.15) is 120 Å². The molecule has 0 bridgehead atoms. The van der Waals surface area contributed by atoms with Crippen LogP contribution in [-0.2, 0) is 41.5 Å². The number of rotatable bonds is 3. The van der Waals surface area contributed by atoms with Gasteiger partial charge in [-0.15, -0.1) is 16.7 Å². The molecule has 0 aromatic heterocycles. The second-order valence-electron chi connectivity index (χ2n) is 16.5. The van der Waals surface area contributed by atoms with Crippen molar-refractivity contribution in [1.29, 1.82) is 0 Å². The molecule has 0 saturated carbocycles. The minimum atomic E-state index is 0. The maximum absolute atomic E-state index is 3.69. The molecule has 2 aliphatic carbocycles. The monoisotopic (exact) mass is 780 g/mol. The molecule has 1 atom stereocenters. The predicted octanol–water partition coefficient (Wildman–Crippen LogP) is 6.44. The van der Waals surface area contributed by atoms with Crippen LogP contribution in [0.25, 0.3) is 11.1 Å². The van der Waals surface area contributed by atoms with Gasteiger partial charge in [0.1, 0.15) is 0 Å². The summed E-state index contributed by atoms with van der Waals surface area (Å²) in [7, 11) is 0. The second kappa shape index (κ2) is 18.0. The van der Waals surface area contributed by atoms with Gasteiger partial charge in [-0.05, 0) is 35.4 Å². The number of allylic oxidation sites excluding steroid dienone is 4. The van der Waals surface area contributed by atoms with Gasteiger partial charge in [-0.25, -0.2) is 6.08 Å². The van der Waals surface area contributed by atoms with Crippen molar-refractivity contribution in [2.24, 2.45) is 11.3 Å². The molecule has 50 heavy (non-hydrogen) atoms. The van der Waals surface area contributed by atoms with Crippen LogP contribution in [0.5, 0.6) is 0 Å². The van der Waals surface area contributed by atoms with Gasteiger partial charge in [-0.1, -0.05) is 117 Å². The number of halogens is 2. The Morgan fingerprint density at radius 1 is 0.700 bits per heavy atom. The van der Waals surface area contributed by atoms with E-state index >= 15 is 0 Å². The van der Waals surface area contributed by atoms with Crippen LogP contribution in [0.15, 0.2) is 96.6 Å². The van der Waals surface area contributed by atoms with Crippen LogP contribution >= 0.6 is 0 Å². The van der Waals surface area contributed by atoms with Crippen molar-refractivity contribution in [2.45, 2.75) is 107 Å². The molecule has 4 aromatic carbocycles. The van der Waals surface area contributed by atoms with Crippen LogP contribution < -0.4 is 24.8 Å². The predicted molar refractivity (Wildman–Crippen MR) is 206 cm³/mol. The number of hydrogen-bond acceptors (Lipinski definition) is 0. The fourth-order valence-electron chi connectivity index (χ4n) is 6.61. The van der Waals surface area contributed by atoms with E-state index < -0.39 is 0 Å². The van der Waals surface area contributed by atoms with Gasteiger partial charge < -0.3 is 24.8 Å². The Labute approximate surface area is 332 Å². The van der Waals surface area contributed by atoms with Crippen LogP contribution in [0.2, 0.25) is 0 Å². The summed E-state index contributed by atoms with van der Waals surface area (Å²) >= 11 is 1.46. The van der Waals surface area contributed by atoms with E-state index in [1.807, 2.05) is 0 Å². The van der Waals surface area contributed by atoms with Crippen molar-refractivity contribution in [3.05, 3.63) is 153 Å². The van der Waals surface area contributed by atoms with Crippen molar-refractivity contribution in [2.75, 3.05) is 0 Å². The maximum atomic E-state index is 3.69. The molecule has 0 aliphatic heterocycles. The third-order valence-electron chi connectivity index (χ3n) is 9.34. The topological polar surface area (TPSA) is 0 Å². The van der Waals surface area contributed by atoms with Crippen LogP contribution in [-0.4, -0.2) is 3.21 Å². The van der Waals surface area contributed by atoms with Gasteiger partial charge in [-0.2, -0.15) is 29.3 Å². The zero-order valence-electron chi connectivity index (χ0n) is 32.4. The summed E-state index contributed by atoms with van der Waals surface area (Å²) in [6.07, 6.45) is 10.0. The molecule has 3 heteroatoms. The van der Waals surface area contributed by atoms with E-state index in [4.69, 9.17) is 0 Å². The second-order valence-corrected chi connectivity index (χ2v) is 17.7. The number of fused-ring (bicyclic) bond motifs is 3. The van der Waals surface area contributed by atoms with E-state index in [1.54, 1.807) is 0 Å². The molecule has 1 unspecified atom stereocenters. The molecule has 0 spiro atoms. The first-order valence-electron chi connectivity index (χ1n) is 17.6. The molecule has 4 aromatic rings. The quantitative estimate of drug-likeness (QED) is 0.185. The first-order chi connectivity index (χ1) is 22.4. The Bertz CT molecular complexity index is 1680. The molecule has 0 fully saturated rings. The summed E-state index contributed by atoms with van der Waals surface area (Å²) in [4.78, 5) is 0. The normalized spacial score (nSPS) is 14.4. The van der Waals surface area contributed by atoms with E-state index in [1.165, 1.54) is 95.1 Å². The Morgan fingerprint density at radius 3 is 1.62 bits per heavy atom. The van der Waals surface area contributed by atoms with Gasteiger partial charge in [0.2, 0.25) is 0 Å². The molecule has 0 saturated heterocycles. The SMILES string of the molecule is CCC1[C-]=CC(C(C)(C)C)=C1.Cc1[c-]c2c(cc1C(C)(C)C)-c1cc(C(C)(C)C)c(C)cc1C2.[Cl-].[Cl-].[Zr+2]=[C](c1ccccc1)c1ccccc1. The first kappa shape index (κ1) is 43.9.